The minimum Gasteiger partial charge on any atom is -0.497 e. The topological polar surface area (TPSA) is 63.2 Å². The van der Waals surface area contributed by atoms with Crippen molar-refractivity contribution in [2.75, 3.05) is 24.3 Å². The van der Waals surface area contributed by atoms with E-state index >= 15 is 0 Å². The van der Waals surface area contributed by atoms with Crippen LogP contribution in [0.3, 0.4) is 0 Å². The van der Waals surface area contributed by atoms with E-state index in [1.807, 2.05) is 24.3 Å². The largest absolute Gasteiger partial charge is 0.497 e. The fraction of sp³-hybridized carbons (Fsp3) is 0.143. The Morgan fingerprint density at radius 3 is 2.42 bits per heavy atom. The molecule has 0 bridgehead atoms. The van der Waals surface area contributed by atoms with Crippen molar-refractivity contribution in [2.45, 2.75) is 6.42 Å². The summed E-state index contributed by atoms with van der Waals surface area (Å²) in [4.78, 5) is 16.5. The van der Waals surface area contributed by atoms with Gasteiger partial charge in [-0.1, -0.05) is 30.3 Å². The minimum atomic E-state index is -0.204. The molecule has 1 heterocycles. The lowest BCUT2D eigenvalue weighted by Gasteiger charge is -2.08. The van der Waals surface area contributed by atoms with Gasteiger partial charge in [-0.25, -0.2) is 4.98 Å². The SMILES string of the molecule is COc1ccc(C(=O)Nc2ccc(NCCc3ccccc3)cn2)cc1. The molecule has 5 nitrogen and oxygen atoms in total. The molecular weight excluding hydrogens is 326 g/mol. The van der Waals surface area contributed by atoms with Crippen molar-refractivity contribution in [3.8, 4) is 5.75 Å². The molecule has 3 rings (SSSR count). The number of pyridine rings is 1. The molecular formula is C21H21N3O2. The van der Waals surface area contributed by atoms with E-state index in [2.05, 4.69) is 27.8 Å². The van der Waals surface area contributed by atoms with Crippen LogP contribution in [0.2, 0.25) is 0 Å². The molecule has 0 atom stereocenters. The smallest absolute Gasteiger partial charge is 0.256 e. The van der Waals surface area contributed by atoms with Crippen LogP contribution in [0.4, 0.5) is 11.5 Å². The molecule has 0 fully saturated rings. The van der Waals surface area contributed by atoms with Crippen LogP contribution in [0.25, 0.3) is 0 Å². The highest BCUT2D eigenvalue weighted by molar-refractivity contribution is 6.03. The average molecular weight is 347 g/mol. The Bertz CT molecular complexity index is 831. The Kier molecular flexibility index (Phi) is 5.83. The van der Waals surface area contributed by atoms with Gasteiger partial charge in [0.15, 0.2) is 0 Å². The van der Waals surface area contributed by atoms with Crippen LogP contribution in [-0.4, -0.2) is 24.5 Å². The second-order valence-corrected chi connectivity index (χ2v) is 5.78. The van der Waals surface area contributed by atoms with Crippen molar-refractivity contribution >= 4 is 17.4 Å². The van der Waals surface area contributed by atoms with Gasteiger partial charge in [-0.15, -0.1) is 0 Å². The molecule has 1 amide bonds. The van der Waals surface area contributed by atoms with E-state index in [1.165, 1.54) is 5.56 Å². The number of nitrogens with zero attached hydrogens (tertiary/aromatic N) is 1. The second-order valence-electron chi connectivity index (χ2n) is 5.78. The molecule has 3 aromatic rings. The predicted molar refractivity (Wildman–Crippen MR) is 104 cm³/mol. The number of hydrogen-bond donors (Lipinski definition) is 2. The van der Waals surface area contributed by atoms with Gasteiger partial charge >= 0.3 is 0 Å². The second kappa shape index (κ2) is 8.67. The van der Waals surface area contributed by atoms with Crippen molar-refractivity contribution in [2.24, 2.45) is 0 Å². The van der Waals surface area contributed by atoms with Gasteiger partial charge in [-0.3, -0.25) is 4.79 Å². The number of rotatable bonds is 7. The van der Waals surface area contributed by atoms with Crippen LogP contribution >= 0.6 is 0 Å². The number of carbonyl (C=O) groups excluding carboxylic acids is 1. The van der Waals surface area contributed by atoms with Crippen LogP contribution in [0.1, 0.15) is 15.9 Å². The lowest BCUT2D eigenvalue weighted by atomic mass is 10.1. The lowest BCUT2D eigenvalue weighted by Crippen LogP contribution is -2.13. The molecule has 0 aliphatic rings. The zero-order valence-electron chi connectivity index (χ0n) is 14.6. The third-order valence-electron chi connectivity index (χ3n) is 3.94. The molecule has 5 heteroatoms. The monoisotopic (exact) mass is 347 g/mol. The van der Waals surface area contributed by atoms with Crippen molar-refractivity contribution in [1.82, 2.24) is 4.98 Å². The maximum absolute atomic E-state index is 12.2. The van der Waals surface area contributed by atoms with Gasteiger partial charge in [0.05, 0.1) is 19.0 Å². The number of aromatic nitrogens is 1. The molecule has 2 N–H and O–H groups in total. The first kappa shape index (κ1) is 17.5. The highest BCUT2D eigenvalue weighted by Crippen LogP contribution is 2.14. The third-order valence-corrected chi connectivity index (χ3v) is 3.94. The normalized spacial score (nSPS) is 10.2. The summed E-state index contributed by atoms with van der Waals surface area (Å²) in [5.41, 5.74) is 2.76. The van der Waals surface area contributed by atoms with Gasteiger partial charge in [-0.05, 0) is 48.4 Å². The van der Waals surface area contributed by atoms with Crippen LogP contribution in [0.5, 0.6) is 5.75 Å². The Labute approximate surface area is 153 Å². The Hall–Kier alpha value is -3.34. The van der Waals surface area contributed by atoms with Gasteiger partial charge in [0.25, 0.3) is 5.91 Å². The first-order valence-electron chi connectivity index (χ1n) is 8.44. The summed E-state index contributed by atoms with van der Waals surface area (Å²) in [6.45, 7) is 0.823. The van der Waals surface area contributed by atoms with Crippen molar-refractivity contribution < 1.29 is 9.53 Å². The molecule has 26 heavy (non-hydrogen) atoms. The molecule has 0 radical (unpaired) electrons. The Balaban J connectivity index is 1.51. The van der Waals surface area contributed by atoms with Gasteiger partial charge in [0.2, 0.25) is 0 Å². The van der Waals surface area contributed by atoms with Crippen LogP contribution in [-0.2, 0) is 6.42 Å². The van der Waals surface area contributed by atoms with Crippen LogP contribution in [0, 0.1) is 0 Å². The summed E-state index contributed by atoms with van der Waals surface area (Å²) in [6, 6.07) is 20.9. The lowest BCUT2D eigenvalue weighted by molar-refractivity contribution is 0.102. The van der Waals surface area contributed by atoms with Gasteiger partial charge in [0.1, 0.15) is 11.6 Å². The number of nitrogens with one attached hydrogen (secondary N) is 2. The quantitative estimate of drug-likeness (QED) is 0.678. The third kappa shape index (κ3) is 4.83. The molecule has 0 aliphatic heterocycles. The minimum absolute atomic E-state index is 0.204. The summed E-state index contributed by atoms with van der Waals surface area (Å²) < 4.78 is 5.09. The number of methoxy groups -OCH3 is 1. The molecule has 1 aromatic heterocycles. The molecule has 2 aromatic carbocycles. The standard InChI is InChI=1S/C21H21N3O2/c1-26-19-10-7-17(8-11-19)21(25)24-20-12-9-18(15-23-20)22-14-13-16-5-3-2-4-6-16/h2-12,15,22H,13-14H2,1H3,(H,23,24,25). The highest BCUT2D eigenvalue weighted by atomic mass is 16.5. The summed E-state index contributed by atoms with van der Waals surface area (Å²) in [7, 11) is 1.59. The van der Waals surface area contributed by atoms with E-state index in [9.17, 15) is 4.79 Å². The van der Waals surface area contributed by atoms with Gasteiger partial charge < -0.3 is 15.4 Å². The molecule has 0 spiro atoms. The Morgan fingerprint density at radius 1 is 1.00 bits per heavy atom. The van der Waals surface area contributed by atoms with Crippen molar-refractivity contribution in [1.29, 1.82) is 0 Å². The zero-order chi connectivity index (χ0) is 18.2. The van der Waals surface area contributed by atoms with E-state index in [4.69, 9.17) is 4.74 Å². The summed E-state index contributed by atoms with van der Waals surface area (Å²) in [5, 5.41) is 6.12. The predicted octanol–water partition coefficient (Wildman–Crippen LogP) is 4.00. The number of benzene rings is 2. The number of anilines is 2. The van der Waals surface area contributed by atoms with E-state index in [0.29, 0.717) is 17.1 Å². The van der Waals surface area contributed by atoms with E-state index in [1.54, 1.807) is 43.6 Å². The molecule has 0 saturated heterocycles. The van der Waals surface area contributed by atoms with Crippen LogP contribution < -0.4 is 15.4 Å². The number of hydrogen-bond acceptors (Lipinski definition) is 4. The van der Waals surface area contributed by atoms with E-state index < -0.39 is 0 Å². The van der Waals surface area contributed by atoms with Crippen molar-refractivity contribution in [3.05, 3.63) is 84.1 Å². The maximum atomic E-state index is 12.2. The Morgan fingerprint density at radius 2 is 1.77 bits per heavy atom. The summed E-state index contributed by atoms with van der Waals surface area (Å²) in [5.74, 6) is 1.02. The zero-order valence-corrected chi connectivity index (χ0v) is 14.6. The molecule has 0 unspecified atom stereocenters. The van der Waals surface area contributed by atoms with Gasteiger partial charge in [0, 0.05) is 12.1 Å². The number of carbonyl (C=O) groups is 1. The molecule has 0 aliphatic carbocycles. The maximum Gasteiger partial charge on any atom is 0.256 e. The fourth-order valence-corrected chi connectivity index (χ4v) is 2.50. The van der Waals surface area contributed by atoms with E-state index in [0.717, 1.165) is 18.7 Å². The first-order valence-corrected chi connectivity index (χ1v) is 8.44. The summed E-state index contributed by atoms with van der Waals surface area (Å²) >= 11 is 0. The summed E-state index contributed by atoms with van der Waals surface area (Å²) in [6.07, 6.45) is 2.66. The van der Waals surface area contributed by atoms with Crippen molar-refractivity contribution in [3.63, 3.8) is 0 Å². The highest BCUT2D eigenvalue weighted by Gasteiger charge is 2.07. The average Bonchev–Trinajstić information content (AvgIpc) is 2.70. The van der Waals surface area contributed by atoms with Gasteiger partial charge in [-0.2, -0.15) is 0 Å². The fourth-order valence-electron chi connectivity index (χ4n) is 2.50. The molecule has 0 saturated carbocycles. The van der Waals surface area contributed by atoms with E-state index in [-0.39, 0.29) is 5.91 Å². The number of ether oxygens (including phenoxy) is 1. The molecule has 132 valence electrons. The number of amides is 1. The first-order chi connectivity index (χ1) is 12.7. The van der Waals surface area contributed by atoms with Crippen LogP contribution in [0.15, 0.2) is 72.9 Å².